The van der Waals surface area contributed by atoms with Gasteiger partial charge < -0.3 is 35.8 Å². The van der Waals surface area contributed by atoms with Crippen molar-refractivity contribution in [3.8, 4) is 11.5 Å². The first-order valence-electron chi connectivity index (χ1n) is 14.4. The number of amides is 1. The molecule has 4 atom stereocenters. The minimum absolute atomic E-state index is 0.00897. The number of nitrogens with zero attached hydrogens (tertiary/aromatic N) is 3. The molecule has 232 valence electrons. The predicted molar refractivity (Wildman–Crippen MR) is 159 cm³/mol. The zero-order valence-electron chi connectivity index (χ0n) is 25.0. The summed E-state index contributed by atoms with van der Waals surface area (Å²) >= 11 is 0. The molecule has 0 bridgehead atoms. The summed E-state index contributed by atoms with van der Waals surface area (Å²) in [6, 6.07) is 8.48. The van der Waals surface area contributed by atoms with Crippen molar-refractivity contribution >= 4 is 23.2 Å². The lowest BCUT2D eigenvalue weighted by Gasteiger charge is -2.50. The molecule has 6 N–H and O–H groups in total. The Labute approximate surface area is 254 Å². The number of hydrogen-bond acceptors (Lipinski definition) is 11. The maximum Gasteiger partial charge on any atom is 0.255 e. The van der Waals surface area contributed by atoms with Crippen molar-refractivity contribution in [2.45, 2.75) is 37.6 Å². The van der Waals surface area contributed by atoms with E-state index in [1.807, 2.05) is 54.2 Å². The summed E-state index contributed by atoms with van der Waals surface area (Å²) in [5, 5.41) is 46.0. The van der Waals surface area contributed by atoms with Crippen LogP contribution in [0.25, 0.3) is 0 Å². The van der Waals surface area contributed by atoms with Gasteiger partial charge in [0.25, 0.3) is 5.91 Å². The van der Waals surface area contributed by atoms with Gasteiger partial charge in [-0.15, -0.1) is 0 Å². The highest BCUT2D eigenvalue weighted by atomic mass is 16.5. The molecule has 1 heterocycles. The van der Waals surface area contributed by atoms with Crippen LogP contribution in [0.1, 0.15) is 33.5 Å². The number of allylic oxidation sites excluding steroid dienone is 1. The zero-order chi connectivity index (χ0) is 31.8. The topological polar surface area (TPSA) is 177 Å². The van der Waals surface area contributed by atoms with E-state index in [0.717, 1.165) is 11.3 Å². The summed E-state index contributed by atoms with van der Waals surface area (Å²) in [5.74, 6) is -5.88. The van der Waals surface area contributed by atoms with E-state index in [9.17, 15) is 34.8 Å². The highest BCUT2D eigenvalue weighted by molar-refractivity contribution is 6.25. The van der Waals surface area contributed by atoms with Gasteiger partial charge in [0.15, 0.2) is 11.4 Å². The molecule has 44 heavy (non-hydrogen) atoms. The molecule has 0 fully saturated rings. The number of Topliss-reactive ketones (excluding diaryl/α,β-unsaturated/α-hetero) is 2. The second kappa shape index (κ2) is 10.4. The zero-order valence-corrected chi connectivity index (χ0v) is 25.0. The molecule has 0 radical (unpaired) electrons. The molecule has 6 rings (SSSR count). The number of phenols is 1. The minimum Gasteiger partial charge on any atom is -0.510 e. The average Bonchev–Trinajstić information content (AvgIpc) is 2.95. The molecule has 12 heteroatoms. The van der Waals surface area contributed by atoms with E-state index in [1.54, 1.807) is 14.1 Å². The van der Waals surface area contributed by atoms with E-state index < -0.39 is 58.0 Å². The summed E-state index contributed by atoms with van der Waals surface area (Å²) < 4.78 is 5.88. The molecule has 2 aromatic carbocycles. The summed E-state index contributed by atoms with van der Waals surface area (Å²) in [6.45, 7) is 1.11. The van der Waals surface area contributed by atoms with E-state index in [0.29, 0.717) is 23.4 Å². The number of aliphatic hydroxyl groups excluding tert-OH is 2. The third-order valence-electron chi connectivity index (χ3n) is 9.42. The number of rotatable bonds is 5. The number of primary amides is 1. The molecule has 0 saturated carbocycles. The number of nitrogens with two attached hydrogens (primary N) is 1. The molecule has 0 aromatic heterocycles. The Morgan fingerprint density at radius 3 is 2.50 bits per heavy atom. The van der Waals surface area contributed by atoms with Gasteiger partial charge >= 0.3 is 0 Å². The Balaban J connectivity index is 1.46. The standard InChI is InChI=1S/C32H36N4O8/c1-34(2)20-11-17(13-36-12-15-7-5-6-8-21(15)44-14-36)26(37)23-18(20)9-16-10-19-25(35(3)4)28(39)24(31(33)42)30(41)32(19,43)29(40)22(16)27(23)38/h5-8,11,16,19,25,37,39-40,43H,9-10,12-14H2,1-4H3,(H2,33,42)/t16-,19-,25?,32-/m0/s1. The predicted octanol–water partition coefficient (Wildman–Crippen LogP) is 1.54. The molecule has 12 nitrogen and oxygen atoms in total. The fourth-order valence-corrected chi connectivity index (χ4v) is 7.44. The van der Waals surface area contributed by atoms with Crippen LogP contribution in [0, 0.1) is 11.8 Å². The third kappa shape index (κ3) is 4.20. The molecule has 1 amide bonds. The van der Waals surface area contributed by atoms with Gasteiger partial charge in [0.05, 0.1) is 11.6 Å². The Bertz CT molecular complexity index is 1680. The number of anilines is 1. The number of hydrogen-bond donors (Lipinski definition) is 5. The molecule has 1 unspecified atom stereocenters. The quantitative estimate of drug-likeness (QED) is 0.313. The summed E-state index contributed by atoms with van der Waals surface area (Å²) in [4.78, 5) is 45.4. The van der Waals surface area contributed by atoms with Crippen LogP contribution in [0.3, 0.4) is 0 Å². The van der Waals surface area contributed by atoms with Crippen LogP contribution in [0.4, 0.5) is 5.69 Å². The average molecular weight is 605 g/mol. The molecular weight excluding hydrogens is 568 g/mol. The Kier molecular flexibility index (Phi) is 6.99. The maximum atomic E-state index is 14.3. The van der Waals surface area contributed by atoms with E-state index in [1.165, 1.54) is 4.90 Å². The number of fused-ring (bicyclic) bond motifs is 4. The number of aliphatic hydroxyl groups is 3. The lowest BCUT2D eigenvalue weighted by atomic mass is 9.58. The molecule has 4 aliphatic rings. The van der Waals surface area contributed by atoms with Crippen molar-refractivity contribution in [3.05, 3.63) is 75.3 Å². The van der Waals surface area contributed by atoms with Gasteiger partial charge in [-0.3, -0.25) is 24.2 Å². The molecule has 0 saturated heterocycles. The number of likely N-dealkylation sites (N-methyl/N-ethyl adjacent to an activating group) is 1. The number of carbonyl (C=O) groups is 3. The van der Waals surface area contributed by atoms with Crippen LogP contribution in [-0.4, -0.2) is 94.3 Å². The summed E-state index contributed by atoms with van der Waals surface area (Å²) in [6.07, 6.45) is 0.252. The monoisotopic (exact) mass is 604 g/mol. The van der Waals surface area contributed by atoms with Crippen LogP contribution >= 0.6 is 0 Å². The van der Waals surface area contributed by atoms with Crippen molar-refractivity contribution in [1.29, 1.82) is 0 Å². The molecule has 1 aliphatic heterocycles. The number of para-hydroxylation sites is 1. The normalized spacial score (nSPS) is 26.5. The highest BCUT2D eigenvalue weighted by Gasteiger charge is 2.63. The Hall–Kier alpha value is -4.39. The first-order valence-corrected chi connectivity index (χ1v) is 14.4. The lowest BCUT2D eigenvalue weighted by Crippen LogP contribution is -2.63. The number of aromatic hydroxyl groups is 1. The smallest absolute Gasteiger partial charge is 0.255 e. The number of carbonyl (C=O) groups excluding carboxylic acids is 3. The Morgan fingerprint density at radius 1 is 1.14 bits per heavy atom. The van der Waals surface area contributed by atoms with Crippen LogP contribution in [0.2, 0.25) is 0 Å². The fraction of sp³-hybridized carbons (Fsp3) is 0.406. The van der Waals surface area contributed by atoms with Gasteiger partial charge in [-0.2, -0.15) is 0 Å². The summed E-state index contributed by atoms with van der Waals surface area (Å²) in [5.41, 5.74) is 4.47. The van der Waals surface area contributed by atoms with E-state index >= 15 is 0 Å². The number of phenolic OH excluding ortho intramolecular Hbond substituents is 1. The van der Waals surface area contributed by atoms with Crippen LogP contribution in [-0.2, 0) is 29.1 Å². The van der Waals surface area contributed by atoms with Crippen molar-refractivity contribution < 1.29 is 39.5 Å². The largest absolute Gasteiger partial charge is 0.510 e. The van der Waals surface area contributed by atoms with Crippen LogP contribution < -0.4 is 15.4 Å². The van der Waals surface area contributed by atoms with Gasteiger partial charge in [-0.25, -0.2) is 0 Å². The second-order valence-corrected chi connectivity index (χ2v) is 12.5. The summed E-state index contributed by atoms with van der Waals surface area (Å²) in [7, 11) is 6.87. The molecule has 2 aromatic rings. The van der Waals surface area contributed by atoms with Crippen LogP contribution in [0.5, 0.6) is 11.5 Å². The van der Waals surface area contributed by atoms with Crippen molar-refractivity contribution in [1.82, 2.24) is 9.80 Å². The lowest BCUT2D eigenvalue weighted by molar-refractivity contribution is -0.148. The third-order valence-corrected chi connectivity index (χ3v) is 9.42. The van der Waals surface area contributed by atoms with Crippen molar-refractivity contribution in [2.75, 3.05) is 39.8 Å². The van der Waals surface area contributed by atoms with Crippen molar-refractivity contribution in [2.24, 2.45) is 17.6 Å². The van der Waals surface area contributed by atoms with Gasteiger partial charge in [-0.1, -0.05) is 18.2 Å². The number of benzene rings is 2. The van der Waals surface area contributed by atoms with E-state index in [-0.39, 0.29) is 43.0 Å². The van der Waals surface area contributed by atoms with Gasteiger partial charge in [0.2, 0.25) is 5.78 Å². The fourth-order valence-electron chi connectivity index (χ4n) is 7.44. The van der Waals surface area contributed by atoms with Gasteiger partial charge in [0, 0.05) is 55.5 Å². The maximum absolute atomic E-state index is 14.3. The van der Waals surface area contributed by atoms with E-state index in [2.05, 4.69) is 0 Å². The molecule has 3 aliphatic carbocycles. The Morgan fingerprint density at radius 2 is 1.84 bits per heavy atom. The van der Waals surface area contributed by atoms with Crippen LogP contribution in [0.15, 0.2) is 53.0 Å². The number of ether oxygens (including phenoxy) is 1. The number of ketones is 2. The first-order chi connectivity index (χ1) is 20.8. The van der Waals surface area contributed by atoms with Gasteiger partial charge in [0.1, 0.15) is 35.3 Å². The van der Waals surface area contributed by atoms with Gasteiger partial charge in [-0.05, 0) is 50.6 Å². The first kappa shape index (κ1) is 29.7. The SMILES string of the molecule is CN(C)c1cc(CN2COc3ccccc3C2)c(O)c2c1C[C@H]1C[C@H]3C(N(C)C)C(O)=C(C(N)=O)C(=O)[C@@]3(O)C(O)=C1C2=O. The highest BCUT2D eigenvalue weighted by Crippen LogP contribution is 2.53. The minimum atomic E-state index is -2.68. The molecule has 0 spiro atoms. The van der Waals surface area contributed by atoms with Crippen molar-refractivity contribution in [3.63, 3.8) is 0 Å². The molecular formula is C32H36N4O8. The van der Waals surface area contributed by atoms with E-state index in [4.69, 9.17) is 10.5 Å². The second-order valence-electron chi connectivity index (χ2n) is 12.5.